The Kier molecular flexibility index (Phi) is 4.91. The molecule has 124 valence electrons. The number of rotatable bonds is 4. The van der Waals surface area contributed by atoms with E-state index in [-0.39, 0.29) is 17.7 Å². The van der Waals surface area contributed by atoms with Crippen LogP contribution in [-0.2, 0) is 4.74 Å². The Balaban J connectivity index is 1.55. The summed E-state index contributed by atoms with van der Waals surface area (Å²) in [7, 11) is 0. The van der Waals surface area contributed by atoms with Gasteiger partial charge in [0, 0.05) is 24.8 Å². The van der Waals surface area contributed by atoms with Gasteiger partial charge in [-0.05, 0) is 37.8 Å². The fraction of sp³-hybridized carbons (Fsp3) is 0.588. The number of hydrogen-bond donors (Lipinski definition) is 1. The predicted molar refractivity (Wildman–Crippen MR) is 83.5 cm³/mol. The largest absolute Gasteiger partial charge is 0.477 e. The number of carboxylic acid groups (broad SMARTS) is 1. The van der Waals surface area contributed by atoms with Gasteiger partial charge in [-0.15, -0.1) is 0 Å². The number of likely N-dealkylation sites (tertiary alicyclic amines) is 1. The molecular weight excluding hydrogens is 296 g/mol. The molecule has 2 aliphatic rings. The van der Waals surface area contributed by atoms with Crippen molar-refractivity contribution >= 4 is 11.9 Å². The van der Waals surface area contributed by atoms with Crippen molar-refractivity contribution in [2.24, 2.45) is 0 Å². The third-order valence-electron chi connectivity index (χ3n) is 4.64. The molecule has 6 heteroatoms. The summed E-state index contributed by atoms with van der Waals surface area (Å²) in [5.74, 6) is -1.25. The lowest BCUT2D eigenvalue weighted by atomic mass is 10.1. The molecule has 6 nitrogen and oxygen atoms in total. The number of pyridine rings is 1. The molecule has 0 spiro atoms. The highest BCUT2D eigenvalue weighted by molar-refractivity contribution is 5.96. The molecule has 1 aliphatic heterocycles. The van der Waals surface area contributed by atoms with Crippen LogP contribution in [0.5, 0.6) is 0 Å². The first-order chi connectivity index (χ1) is 11.1. The Hall–Kier alpha value is -1.95. The smallest absolute Gasteiger partial charge is 0.354 e. The van der Waals surface area contributed by atoms with Crippen molar-refractivity contribution in [3.8, 4) is 0 Å². The predicted octanol–water partition coefficient (Wildman–Crippen LogP) is 2.34. The Morgan fingerprint density at radius 2 is 1.78 bits per heavy atom. The van der Waals surface area contributed by atoms with Crippen LogP contribution in [0.2, 0.25) is 0 Å². The van der Waals surface area contributed by atoms with Gasteiger partial charge >= 0.3 is 5.97 Å². The van der Waals surface area contributed by atoms with Crippen molar-refractivity contribution in [2.75, 3.05) is 13.1 Å². The van der Waals surface area contributed by atoms with Gasteiger partial charge in [0.15, 0.2) is 0 Å². The molecule has 1 saturated heterocycles. The zero-order chi connectivity index (χ0) is 16.2. The summed E-state index contributed by atoms with van der Waals surface area (Å²) in [5, 5.41) is 8.97. The minimum atomic E-state index is -1.12. The van der Waals surface area contributed by atoms with Crippen molar-refractivity contribution in [1.29, 1.82) is 0 Å². The van der Waals surface area contributed by atoms with Crippen molar-refractivity contribution in [3.05, 3.63) is 29.6 Å². The van der Waals surface area contributed by atoms with Crippen LogP contribution in [0.15, 0.2) is 18.3 Å². The van der Waals surface area contributed by atoms with Crippen LogP contribution in [0.3, 0.4) is 0 Å². The Morgan fingerprint density at radius 3 is 2.43 bits per heavy atom. The minimum Gasteiger partial charge on any atom is -0.477 e. The molecule has 1 amide bonds. The molecule has 0 radical (unpaired) electrons. The fourth-order valence-corrected chi connectivity index (χ4v) is 3.35. The highest BCUT2D eigenvalue weighted by atomic mass is 16.5. The van der Waals surface area contributed by atoms with Gasteiger partial charge < -0.3 is 14.7 Å². The normalized spacial score (nSPS) is 19.9. The second kappa shape index (κ2) is 7.08. The molecule has 0 bridgehead atoms. The maximum atomic E-state index is 12.5. The molecule has 3 rings (SSSR count). The van der Waals surface area contributed by atoms with Crippen LogP contribution in [0, 0.1) is 0 Å². The van der Waals surface area contributed by atoms with E-state index in [9.17, 15) is 9.59 Å². The summed E-state index contributed by atoms with van der Waals surface area (Å²) in [5.41, 5.74) is 0.280. The van der Waals surface area contributed by atoms with Gasteiger partial charge in [0.1, 0.15) is 5.69 Å². The molecule has 2 heterocycles. The van der Waals surface area contributed by atoms with E-state index in [0.29, 0.717) is 24.8 Å². The number of aromatic carboxylic acids is 1. The van der Waals surface area contributed by atoms with Gasteiger partial charge in [0.25, 0.3) is 5.91 Å². The number of hydrogen-bond acceptors (Lipinski definition) is 4. The maximum absolute atomic E-state index is 12.5. The monoisotopic (exact) mass is 318 g/mol. The van der Waals surface area contributed by atoms with E-state index in [4.69, 9.17) is 9.84 Å². The van der Waals surface area contributed by atoms with Gasteiger partial charge in [-0.3, -0.25) is 4.79 Å². The maximum Gasteiger partial charge on any atom is 0.354 e. The number of carboxylic acids is 1. The van der Waals surface area contributed by atoms with Crippen LogP contribution in [0.1, 0.15) is 59.4 Å². The van der Waals surface area contributed by atoms with Crippen molar-refractivity contribution in [1.82, 2.24) is 9.88 Å². The average molecular weight is 318 g/mol. The molecule has 23 heavy (non-hydrogen) atoms. The lowest BCUT2D eigenvalue weighted by molar-refractivity contribution is -0.0357. The van der Waals surface area contributed by atoms with Gasteiger partial charge in [0.05, 0.1) is 12.2 Å². The first kappa shape index (κ1) is 15.9. The molecule has 1 aromatic rings. The van der Waals surface area contributed by atoms with Crippen LogP contribution < -0.4 is 0 Å². The van der Waals surface area contributed by atoms with E-state index in [1.807, 2.05) is 0 Å². The fourth-order valence-electron chi connectivity index (χ4n) is 3.35. The van der Waals surface area contributed by atoms with E-state index in [1.54, 1.807) is 11.0 Å². The van der Waals surface area contributed by atoms with Gasteiger partial charge in [-0.1, -0.05) is 12.8 Å². The topological polar surface area (TPSA) is 79.7 Å². The SMILES string of the molecule is O=C(O)c1cc(C(=O)N2CCC(OC3CCCC3)CC2)ccn1. The lowest BCUT2D eigenvalue weighted by Crippen LogP contribution is -2.41. The summed E-state index contributed by atoms with van der Waals surface area (Å²) >= 11 is 0. The molecule has 0 unspecified atom stereocenters. The second-order valence-electron chi connectivity index (χ2n) is 6.27. The van der Waals surface area contributed by atoms with Crippen molar-refractivity contribution in [3.63, 3.8) is 0 Å². The molecule has 1 aromatic heterocycles. The van der Waals surface area contributed by atoms with E-state index in [1.165, 1.54) is 25.1 Å². The standard InChI is InChI=1S/C17H22N2O4/c20-16(12-5-8-18-15(11-12)17(21)22)19-9-6-14(7-10-19)23-13-3-1-2-4-13/h5,8,11,13-14H,1-4,6-7,9-10H2,(H,21,22). The number of ether oxygens (including phenoxy) is 1. The highest BCUT2D eigenvalue weighted by Crippen LogP contribution is 2.25. The lowest BCUT2D eigenvalue weighted by Gasteiger charge is -2.33. The van der Waals surface area contributed by atoms with Crippen LogP contribution in [0.4, 0.5) is 0 Å². The number of carbonyl (C=O) groups is 2. The van der Waals surface area contributed by atoms with Gasteiger partial charge in [0.2, 0.25) is 0 Å². The molecule has 2 fully saturated rings. The Bertz CT molecular complexity index is 576. The summed E-state index contributed by atoms with van der Waals surface area (Å²) < 4.78 is 6.11. The van der Waals surface area contributed by atoms with Crippen LogP contribution in [-0.4, -0.2) is 52.2 Å². The zero-order valence-corrected chi connectivity index (χ0v) is 13.1. The highest BCUT2D eigenvalue weighted by Gasteiger charge is 2.27. The average Bonchev–Trinajstić information content (AvgIpc) is 3.08. The van der Waals surface area contributed by atoms with E-state index < -0.39 is 5.97 Å². The third-order valence-corrected chi connectivity index (χ3v) is 4.64. The third kappa shape index (κ3) is 3.88. The molecule has 0 aromatic carbocycles. The minimum absolute atomic E-state index is 0.102. The molecule has 1 saturated carbocycles. The van der Waals surface area contributed by atoms with E-state index >= 15 is 0 Å². The Labute approximate surface area is 135 Å². The van der Waals surface area contributed by atoms with E-state index in [2.05, 4.69) is 4.98 Å². The van der Waals surface area contributed by atoms with Crippen molar-refractivity contribution < 1.29 is 19.4 Å². The van der Waals surface area contributed by atoms with Gasteiger partial charge in [-0.2, -0.15) is 0 Å². The first-order valence-corrected chi connectivity index (χ1v) is 8.27. The quantitative estimate of drug-likeness (QED) is 0.921. The first-order valence-electron chi connectivity index (χ1n) is 8.27. The molecule has 0 atom stereocenters. The number of amides is 1. The van der Waals surface area contributed by atoms with Gasteiger partial charge in [-0.25, -0.2) is 9.78 Å². The molecule has 1 aliphatic carbocycles. The number of carbonyl (C=O) groups excluding carboxylic acids is 1. The van der Waals surface area contributed by atoms with Crippen LogP contribution >= 0.6 is 0 Å². The second-order valence-corrected chi connectivity index (χ2v) is 6.27. The summed E-state index contributed by atoms with van der Waals surface area (Å²) in [6.07, 6.45) is 8.55. The number of piperidine rings is 1. The Morgan fingerprint density at radius 1 is 1.13 bits per heavy atom. The molecule has 1 N–H and O–H groups in total. The summed E-state index contributed by atoms with van der Waals surface area (Å²) in [4.78, 5) is 29.0. The summed E-state index contributed by atoms with van der Waals surface area (Å²) in [6, 6.07) is 2.90. The summed E-state index contributed by atoms with van der Waals surface area (Å²) in [6.45, 7) is 1.31. The van der Waals surface area contributed by atoms with Crippen LogP contribution in [0.25, 0.3) is 0 Å². The van der Waals surface area contributed by atoms with Crippen molar-refractivity contribution in [2.45, 2.75) is 50.7 Å². The molecular formula is C17H22N2O4. The van der Waals surface area contributed by atoms with E-state index in [0.717, 1.165) is 25.7 Å². The zero-order valence-electron chi connectivity index (χ0n) is 13.1. The number of aromatic nitrogens is 1. The number of nitrogens with zero attached hydrogens (tertiary/aromatic N) is 2.